The molecule has 5 nitrogen and oxygen atoms in total. The second-order valence-electron chi connectivity index (χ2n) is 6.05. The zero-order valence-corrected chi connectivity index (χ0v) is 13.6. The van der Waals surface area contributed by atoms with E-state index in [2.05, 4.69) is 4.72 Å². The number of halogens is 1. The summed E-state index contributed by atoms with van der Waals surface area (Å²) in [7, 11) is -3.87. The molecule has 1 aliphatic carbocycles. The maximum absolute atomic E-state index is 13.3. The van der Waals surface area contributed by atoms with Crippen molar-refractivity contribution in [2.75, 3.05) is 4.72 Å². The van der Waals surface area contributed by atoms with Crippen molar-refractivity contribution < 1.29 is 22.3 Å². The Morgan fingerprint density at radius 1 is 1.00 bits per heavy atom. The first-order valence-corrected chi connectivity index (χ1v) is 9.25. The molecule has 0 aromatic heterocycles. The number of hydrogen-bond donors (Lipinski definition) is 1. The smallest absolute Gasteiger partial charge is 0.261 e. The minimum absolute atomic E-state index is 0.132. The van der Waals surface area contributed by atoms with Gasteiger partial charge in [-0.2, -0.15) is 0 Å². The predicted octanol–water partition coefficient (Wildman–Crippen LogP) is 3.67. The molecule has 0 bridgehead atoms. The third-order valence-electron chi connectivity index (χ3n) is 4.26. The third kappa shape index (κ3) is 2.69. The van der Waals surface area contributed by atoms with Gasteiger partial charge in [-0.3, -0.25) is 4.72 Å². The van der Waals surface area contributed by atoms with Gasteiger partial charge in [-0.25, -0.2) is 12.8 Å². The molecule has 0 radical (unpaired) electrons. The molecule has 0 saturated heterocycles. The van der Waals surface area contributed by atoms with Gasteiger partial charge in [-0.15, -0.1) is 0 Å². The van der Waals surface area contributed by atoms with Gasteiger partial charge < -0.3 is 9.47 Å². The van der Waals surface area contributed by atoms with E-state index in [0.29, 0.717) is 17.2 Å². The number of hydrogen-bond acceptors (Lipinski definition) is 4. The number of benzene rings is 2. The van der Waals surface area contributed by atoms with Gasteiger partial charge in [-0.05, 0) is 43.2 Å². The van der Waals surface area contributed by atoms with Gasteiger partial charge in [0.15, 0.2) is 11.5 Å². The van der Waals surface area contributed by atoms with Crippen LogP contribution in [0.2, 0.25) is 0 Å². The highest BCUT2D eigenvalue weighted by Gasteiger charge is 2.44. The lowest BCUT2D eigenvalue weighted by atomic mass is 10.2. The molecule has 24 heavy (non-hydrogen) atoms. The molecule has 2 aromatic carbocycles. The molecule has 126 valence electrons. The van der Waals surface area contributed by atoms with Gasteiger partial charge in [0.1, 0.15) is 5.82 Å². The number of fused-ring (bicyclic) bond motifs is 1. The normalized spacial score (nSPS) is 18.0. The minimum atomic E-state index is -3.87. The Labute approximate surface area is 139 Å². The average molecular weight is 349 g/mol. The summed E-state index contributed by atoms with van der Waals surface area (Å²) in [5.74, 6) is -0.0590. The molecule has 1 heterocycles. The largest absolute Gasteiger partial charge is 0.448 e. The Balaban J connectivity index is 1.59. The lowest BCUT2D eigenvalue weighted by Crippen LogP contribution is -2.34. The molecule has 1 fully saturated rings. The Morgan fingerprint density at radius 3 is 2.50 bits per heavy atom. The Morgan fingerprint density at radius 2 is 1.75 bits per heavy atom. The highest BCUT2D eigenvalue weighted by molar-refractivity contribution is 7.92. The van der Waals surface area contributed by atoms with Gasteiger partial charge in [0.05, 0.1) is 10.6 Å². The van der Waals surface area contributed by atoms with Crippen molar-refractivity contribution >= 4 is 15.7 Å². The van der Waals surface area contributed by atoms with Crippen LogP contribution in [0.25, 0.3) is 0 Å². The van der Waals surface area contributed by atoms with Crippen molar-refractivity contribution in [3.63, 3.8) is 0 Å². The van der Waals surface area contributed by atoms with E-state index in [0.717, 1.165) is 31.7 Å². The number of nitrogens with one attached hydrogen (secondary N) is 1. The van der Waals surface area contributed by atoms with E-state index in [1.165, 1.54) is 18.2 Å². The molecule has 1 spiro atoms. The summed E-state index contributed by atoms with van der Waals surface area (Å²) in [4.78, 5) is -0.132. The van der Waals surface area contributed by atoms with Gasteiger partial charge in [0, 0.05) is 18.9 Å². The van der Waals surface area contributed by atoms with Gasteiger partial charge in [-0.1, -0.05) is 6.07 Å². The third-order valence-corrected chi connectivity index (χ3v) is 5.64. The van der Waals surface area contributed by atoms with Crippen LogP contribution in [0.4, 0.5) is 10.1 Å². The molecular weight excluding hydrogens is 333 g/mol. The molecule has 7 heteroatoms. The van der Waals surface area contributed by atoms with Crippen LogP contribution >= 0.6 is 0 Å². The molecule has 1 saturated carbocycles. The van der Waals surface area contributed by atoms with Crippen molar-refractivity contribution in [3.05, 3.63) is 48.3 Å². The van der Waals surface area contributed by atoms with E-state index in [1.54, 1.807) is 18.2 Å². The van der Waals surface area contributed by atoms with Crippen LogP contribution in [0, 0.1) is 5.82 Å². The fraction of sp³-hybridized carbons (Fsp3) is 0.294. The van der Waals surface area contributed by atoms with Crippen LogP contribution in [-0.4, -0.2) is 14.2 Å². The highest BCUT2D eigenvalue weighted by Crippen LogP contribution is 2.47. The molecule has 2 aromatic rings. The van der Waals surface area contributed by atoms with Crippen molar-refractivity contribution in [2.45, 2.75) is 36.4 Å². The molecule has 4 rings (SSSR count). The van der Waals surface area contributed by atoms with Gasteiger partial charge >= 0.3 is 0 Å². The zero-order valence-electron chi connectivity index (χ0n) is 12.8. The maximum atomic E-state index is 13.3. The molecule has 1 aliphatic heterocycles. The van der Waals surface area contributed by atoms with Crippen LogP contribution in [0.5, 0.6) is 11.5 Å². The first-order chi connectivity index (χ1) is 11.5. The summed E-state index contributed by atoms with van der Waals surface area (Å²) < 4.78 is 52.2. The van der Waals surface area contributed by atoms with Crippen LogP contribution in [0.15, 0.2) is 47.4 Å². The van der Waals surface area contributed by atoms with Gasteiger partial charge in [0.25, 0.3) is 15.8 Å². The quantitative estimate of drug-likeness (QED) is 0.918. The predicted molar refractivity (Wildman–Crippen MR) is 86.1 cm³/mol. The number of rotatable bonds is 3. The van der Waals surface area contributed by atoms with Crippen LogP contribution in [-0.2, 0) is 10.0 Å². The first kappa shape index (κ1) is 15.3. The van der Waals surface area contributed by atoms with Crippen molar-refractivity contribution in [3.8, 4) is 11.5 Å². The van der Waals surface area contributed by atoms with E-state index in [-0.39, 0.29) is 4.90 Å². The van der Waals surface area contributed by atoms with E-state index in [1.807, 2.05) is 0 Å². The number of sulfonamides is 1. The summed E-state index contributed by atoms with van der Waals surface area (Å²) in [5.41, 5.74) is 0.344. The molecule has 1 N–H and O–H groups in total. The van der Waals surface area contributed by atoms with Crippen LogP contribution in [0.1, 0.15) is 25.7 Å². The molecular formula is C17H16FNO4S. The highest BCUT2D eigenvalue weighted by atomic mass is 32.2. The number of ether oxygens (including phenoxy) is 2. The fourth-order valence-corrected chi connectivity index (χ4v) is 4.20. The van der Waals surface area contributed by atoms with E-state index >= 15 is 0 Å². The Hall–Kier alpha value is -2.28. The van der Waals surface area contributed by atoms with Gasteiger partial charge in [0.2, 0.25) is 0 Å². The molecule has 0 unspecified atom stereocenters. The summed E-state index contributed by atoms with van der Waals surface area (Å²) in [6.07, 6.45) is 3.75. The average Bonchev–Trinajstić information content (AvgIpc) is 3.13. The summed E-state index contributed by atoms with van der Waals surface area (Å²) in [6.45, 7) is 0. The lowest BCUT2D eigenvalue weighted by molar-refractivity contribution is -0.0716. The molecule has 0 amide bonds. The second kappa shape index (κ2) is 5.37. The fourth-order valence-electron chi connectivity index (χ4n) is 3.12. The summed E-state index contributed by atoms with van der Waals surface area (Å²) >= 11 is 0. The summed E-state index contributed by atoms with van der Waals surface area (Å²) in [5, 5.41) is 0. The lowest BCUT2D eigenvalue weighted by Gasteiger charge is -2.21. The zero-order chi connectivity index (χ0) is 16.8. The van der Waals surface area contributed by atoms with Crippen molar-refractivity contribution in [1.29, 1.82) is 0 Å². The Kier molecular flexibility index (Phi) is 3.42. The summed E-state index contributed by atoms with van der Waals surface area (Å²) in [6, 6.07) is 9.75. The standard InChI is InChI=1S/C17H16FNO4S/c18-12-4-3-5-14(10-12)24(20,21)19-13-6-7-15-16(11-13)23-17(22-15)8-1-2-9-17/h3-7,10-11,19H,1-2,8-9H2. The SMILES string of the molecule is O=S(=O)(Nc1ccc2c(c1)OC1(CCCC1)O2)c1cccc(F)c1. The Bertz CT molecular complexity index is 891. The van der Waals surface area contributed by atoms with Crippen LogP contribution < -0.4 is 14.2 Å². The molecule has 2 aliphatic rings. The van der Waals surface area contributed by atoms with E-state index in [4.69, 9.17) is 9.47 Å². The monoisotopic (exact) mass is 349 g/mol. The van der Waals surface area contributed by atoms with Crippen molar-refractivity contribution in [1.82, 2.24) is 0 Å². The van der Waals surface area contributed by atoms with E-state index in [9.17, 15) is 12.8 Å². The maximum Gasteiger partial charge on any atom is 0.261 e. The second-order valence-corrected chi connectivity index (χ2v) is 7.73. The topological polar surface area (TPSA) is 64.6 Å². The van der Waals surface area contributed by atoms with Crippen LogP contribution in [0.3, 0.4) is 0 Å². The number of anilines is 1. The minimum Gasteiger partial charge on any atom is -0.448 e. The first-order valence-electron chi connectivity index (χ1n) is 7.76. The van der Waals surface area contributed by atoms with Crippen molar-refractivity contribution in [2.24, 2.45) is 0 Å². The molecule has 0 atom stereocenters. The van der Waals surface area contributed by atoms with E-state index < -0.39 is 21.6 Å².